The Balaban J connectivity index is 2.59. The average molecular weight is 248 g/mol. The quantitative estimate of drug-likeness (QED) is 0.843. The second kappa shape index (κ2) is 5.21. The summed E-state index contributed by atoms with van der Waals surface area (Å²) in [5.41, 5.74) is 1.61. The van der Waals surface area contributed by atoms with Crippen LogP contribution in [-0.2, 0) is 12.8 Å². The molecule has 2 rings (SSSR count). The second-order valence-electron chi connectivity index (χ2n) is 4.65. The molecule has 0 heterocycles. The summed E-state index contributed by atoms with van der Waals surface area (Å²) in [7, 11) is 0. The molecule has 1 aromatic carbocycles. The average Bonchev–Trinajstić information content (AvgIpc) is 2.28. The third-order valence-corrected chi connectivity index (χ3v) is 3.48. The summed E-state index contributed by atoms with van der Waals surface area (Å²) < 4.78 is 0. The van der Waals surface area contributed by atoms with Crippen molar-refractivity contribution in [2.75, 3.05) is 0 Å². The van der Waals surface area contributed by atoms with Crippen LogP contribution in [0.5, 0.6) is 0 Å². The summed E-state index contributed by atoms with van der Waals surface area (Å²) in [5.74, 6) is -2.30. The Labute approximate surface area is 105 Å². The molecule has 0 atom stereocenters. The smallest absolute Gasteiger partial charge is 0.336 e. The highest BCUT2D eigenvalue weighted by atomic mass is 16.4. The van der Waals surface area contributed by atoms with Gasteiger partial charge >= 0.3 is 11.9 Å². The monoisotopic (exact) mass is 248 g/mol. The molecule has 0 unspecified atom stereocenters. The summed E-state index contributed by atoms with van der Waals surface area (Å²) >= 11 is 0. The zero-order chi connectivity index (χ0) is 13.1. The van der Waals surface area contributed by atoms with Crippen molar-refractivity contribution in [3.8, 4) is 0 Å². The number of benzene rings is 1. The first-order chi connectivity index (χ1) is 8.61. The SMILES string of the molecule is O=C(O)c1ccc2c(c1C(=O)O)CCCCCC2. The second-order valence-corrected chi connectivity index (χ2v) is 4.65. The maximum atomic E-state index is 11.3. The van der Waals surface area contributed by atoms with Crippen LogP contribution in [0.4, 0.5) is 0 Å². The molecule has 0 saturated carbocycles. The number of carbonyl (C=O) groups is 2. The van der Waals surface area contributed by atoms with Crippen LogP contribution >= 0.6 is 0 Å². The van der Waals surface area contributed by atoms with E-state index in [1.54, 1.807) is 6.07 Å². The highest BCUT2D eigenvalue weighted by Crippen LogP contribution is 2.26. The standard InChI is InChI=1S/C14H16O4/c15-13(16)11-8-7-9-5-3-1-2-4-6-10(9)12(11)14(17)18/h7-8H,1-6H2,(H,15,16)(H,17,18). The molecule has 0 saturated heterocycles. The van der Waals surface area contributed by atoms with Gasteiger partial charge in [-0.05, 0) is 42.9 Å². The Bertz CT molecular complexity index is 491. The lowest BCUT2D eigenvalue weighted by Gasteiger charge is -2.17. The summed E-state index contributed by atoms with van der Waals surface area (Å²) in [6.07, 6.45) is 5.71. The molecule has 18 heavy (non-hydrogen) atoms. The molecule has 1 aliphatic carbocycles. The fourth-order valence-corrected chi connectivity index (χ4v) is 2.60. The molecule has 0 aromatic heterocycles. The van der Waals surface area contributed by atoms with Crippen LogP contribution in [0.3, 0.4) is 0 Å². The highest BCUT2D eigenvalue weighted by Gasteiger charge is 2.22. The molecule has 0 bridgehead atoms. The van der Waals surface area contributed by atoms with Gasteiger partial charge in [0.15, 0.2) is 0 Å². The number of aryl methyl sites for hydroxylation is 1. The van der Waals surface area contributed by atoms with Crippen molar-refractivity contribution in [1.29, 1.82) is 0 Å². The van der Waals surface area contributed by atoms with Crippen LogP contribution < -0.4 is 0 Å². The van der Waals surface area contributed by atoms with Crippen LogP contribution in [0.25, 0.3) is 0 Å². The Morgan fingerprint density at radius 3 is 2.17 bits per heavy atom. The normalized spacial score (nSPS) is 15.3. The Hall–Kier alpha value is -1.84. The van der Waals surface area contributed by atoms with Gasteiger partial charge in [-0.1, -0.05) is 18.9 Å². The van der Waals surface area contributed by atoms with E-state index in [0.717, 1.165) is 43.2 Å². The molecule has 0 radical (unpaired) electrons. The number of hydrogen-bond donors (Lipinski definition) is 2. The molecule has 1 aromatic rings. The van der Waals surface area contributed by atoms with E-state index in [9.17, 15) is 14.7 Å². The largest absolute Gasteiger partial charge is 0.478 e. The molecule has 0 spiro atoms. The predicted molar refractivity (Wildman–Crippen MR) is 66.2 cm³/mol. The zero-order valence-corrected chi connectivity index (χ0v) is 10.1. The van der Waals surface area contributed by atoms with E-state index in [0.29, 0.717) is 6.42 Å². The lowest BCUT2D eigenvalue weighted by atomic mass is 9.87. The zero-order valence-electron chi connectivity index (χ0n) is 10.1. The third-order valence-electron chi connectivity index (χ3n) is 3.48. The molecule has 4 heteroatoms. The van der Waals surface area contributed by atoms with Crippen LogP contribution in [-0.4, -0.2) is 22.2 Å². The summed E-state index contributed by atoms with van der Waals surface area (Å²) in [4.78, 5) is 22.4. The topological polar surface area (TPSA) is 74.6 Å². The van der Waals surface area contributed by atoms with Crippen molar-refractivity contribution in [1.82, 2.24) is 0 Å². The van der Waals surface area contributed by atoms with Gasteiger partial charge in [0, 0.05) is 0 Å². The van der Waals surface area contributed by atoms with Gasteiger partial charge < -0.3 is 10.2 Å². The number of aromatic carboxylic acids is 2. The van der Waals surface area contributed by atoms with Crippen molar-refractivity contribution >= 4 is 11.9 Å². The predicted octanol–water partition coefficient (Wildman–Crippen LogP) is 2.74. The summed E-state index contributed by atoms with van der Waals surface area (Å²) in [5, 5.41) is 18.3. The van der Waals surface area contributed by atoms with Crippen molar-refractivity contribution in [3.63, 3.8) is 0 Å². The molecule has 4 nitrogen and oxygen atoms in total. The first-order valence-corrected chi connectivity index (χ1v) is 6.22. The number of carboxylic acids is 2. The van der Waals surface area contributed by atoms with Crippen molar-refractivity contribution in [2.45, 2.75) is 38.5 Å². The van der Waals surface area contributed by atoms with E-state index in [-0.39, 0.29) is 11.1 Å². The van der Waals surface area contributed by atoms with E-state index >= 15 is 0 Å². The van der Waals surface area contributed by atoms with Crippen LogP contribution in [0.15, 0.2) is 12.1 Å². The molecule has 0 fully saturated rings. The summed E-state index contributed by atoms with van der Waals surface area (Å²) in [6, 6.07) is 3.20. The van der Waals surface area contributed by atoms with Crippen LogP contribution in [0.2, 0.25) is 0 Å². The van der Waals surface area contributed by atoms with Gasteiger partial charge in [0.1, 0.15) is 0 Å². The van der Waals surface area contributed by atoms with E-state index < -0.39 is 11.9 Å². The molecular weight excluding hydrogens is 232 g/mol. The van der Waals surface area contributed by atoms with Crippen molar-refractivity contribution < 1.29 is 19.8 Å². The van der Waals surface area contributed by atoms with Gasteiger partial charge in [-0.2, -0.15) is 0 Å². The van der Waals surface area contributed by atoms with E-state index in [1.165, 1.54) is 6.07 Å². The minimum atomic E-state index is -1.17. The third kappa shape index (κ3) is 2.37. The fourth-order valence-electron chi connectivity index (χ4n) is 2.60. The molecular formula is C14H16O4. The van der Waals surface area contributed by atoms with Crippen molar-refractivity contribution in [3.05, 3.63) is 34.4 Å². The molecule has 0 amide bonds. The lowest BCUT2D eigenvalue weighted by Crippen LogP contribution is -2.14. The number of hydrogen-bond acceptors (Lipinski definition) is 2. The maximum absolute atomic E-state index is 11.3. The highest BCUT2D eigenvalue weighted by molar-refractivity contribution is 6.03. The van der Waals surface area contributed by atoms with Crippen LogP contribution in [0.1, 0.15) is 57.5 Å². The first-order valence-electron chi connectivity index (χ1n) is 6.22. The van der Waals surface area contributed by atoms with Gasteiger partial charge in [-0.25, -0.2) is 9.59 Å². The molecule has 1 aliphatic rings. The van der Waals surface area contributed by atoms with Gasteiger partial charge in [0.2, 0.25) is 0 Å². The number of carboxylic acid groups (broad SMARTS) is 2. The summed E-state index contributed by atoms with van der Waals surface area (Å²) in [6.45, 7) is 0. The van der Waals surface area contributed by atoms with E-state index in [2.05, 4.69) is 0 Å². The van der Waals surface area contributed by atoms with E-state index in [1.807, 2.05) is 0 Å². The maximum Gasteiger partial charge on any atom is 0.336 e. The van der Waals surface area contributed by atoms with Crippen molar-refractivity contribution in [2.24, 2.45) is 0 Å². The van der Waals surface area contributed by atoms with E-state index in [4.69, 9.17) is 5.11 Å². The first kappa shape index (κ1) is 12.6. The number of rotatable bonds is 2. The van der Waals surface area contributed by atoms with Gasteiger partial charge in [0.05, 0.1) is 11.1 Å². The Morgan fingerprint density at radius 1 is 0.889 bits per heavy atom. The minimum Gasteiger partial charge on any atom is -0.478 e. The minimum absolute atomic E-state index is 0.0121. The molecule has 0 aliphatic heterocycles. The van der Waals surface area contributed by atoms with Crippen LogP contribution in [0, 0.1) is 0 Å². The molecule has 2 N–H and O–H groups in total. The van der Waals surface area contributed by atoms with Gasteiger partial charge in [-0.15, -0.1) is 0 Å². The molecule has 96 valence electrons. The lowest BCUT2D eigenvalue weighted by molar-refractivity contribution is 0.0650. The Morgan fingerprint density at radius 2 is 1.56 bits per heavy atom. The van der Waals surface area contributed by atoms with Gasteiger partial charge in [0.25, 0.3) is 0 Å². The Kier molecular flexibility index (Phi) is 3.65. The number of fused-ring (bicyclic) bond motifs is 1. The van der Waals surface area contributed by atoms with Gasteiger partial charge in [-0.3, -0.25) is 0 Å². The fraction of sp³-hybridized carbons (Fsp3) is 0.429.